The van der Waals surface area contributed by atoms with E-state index < -0.39 is 5.41 Å². The molecule has 1 aromatic rings. The van der Waals surface area contributed by atoms with Gasteiger partial charge in [0.1, 0.15) is 5.41 Å². The lowest BCUT2D eigenvalue weighted by molar-refractivity contribution is -0.182. The fourth-order valence-corrected chi connectivity index (χ4v) is 2.37. The van der Waals surface area contributed by atoms with Crippen molar-refractivity contribution in [3.8, 4) is 0 Å². The molecule has 5 heteroatoms. The Morgan fingerprint density at radius 3 is 3.00 bits per heavy atom. The first kappa shape index (κ1) is 11.6. The molecule has 0 amide bonds. The van der Waals surface area contributed by atoms with Crippen molar-refractivity contribution in [3.63, 3.8) is 0 Å². The van der Waals surface area contributed by atoms with Gasteiger partial charge in [-0.15, -0.1) is 11.3 Å². The molecular weight excluding hydrogens is 226 g/mol. The summed E-state index contributed by atoms with van der Waals surface area (Å²) in [5.41, 5.74) is -0.466. The van der Waals surface area contributed by atoms with E-state index in [2.05, 4.69) is 11.4 Å². The van der Waals surface area contributed by atoms with Gasteiger partial charge < -0.3 is 14.8 Å². The van der Waals surface area contributed by atoms with Crippen LogP contribution in [0.1, 0.15) is 4.88 Å². The van der Waals surface area contributed by atoms with Crippen LogP contribution in [0.25, 0.3) is 0 Å². The molecule has 4 nitrogen and oxygen atoms in total. The van der Waals surface area contributed by atoms with E-state index in [0.717, 1.165) is 6.54 Å². The first-order chi connectivity index (χ1) is 7.77. The van der Waals surface area contributed by atoms with Crippen LogP contribution in [0, 0.1) is 5.41 Å². The summed E-state index contributed by atoms with van der Waals surface area (Å²) in [4.78, 5) is 12.8. The van der Waals surface area contributed by atoms with Crippen molar-refractivity contribution in [2.75, 3.05) is 26.9 Å². The summed E-state index contributed by atoms with van der Waals surface area (Å²) < 4.78 is 9.90. The summed E-state index contributed by atoms with van der Waals surface area (Å²) in [6.07, 6.45) is 0. The van der Waals surface area contributed by atoms with E-state index in [9.17, 15) is 4.79 Å². The fraction of sp³-hybridized carbons (Fsp3) is 0.545. The molecule has 2 rings (SSSR count). The molecule has 0 aromatic carbocycles. The van der Waals surface area contributed by atoms with Gasteiger partial charge in [-0.2, -0.15) is 0 Å². The van der Waals surface area contributed by atoms with E-state index in [1.807, 2.05) is 11.4 Å². The number of methoxy groups -OCH3 is 1. The second-order valence-electron chi connectivity index (χ2n) is 3.95. The third-order valence-corrected chi connectivity index (χ3v) is 3.59. The zero-order valence-corrected chi connectivity index (χ0v) is 10.0. The average molecular weight is 241 g/mol. The van der Waals surface area contributed by atoms with Crippen molar-refractivity contribution in [3.05, 3.63) is 22.4 Å². The van der Waals surface area contributed by atoms with Gasteiger partial charge in [0, 0.05) is 18.0 Å². The number of ether oxygens (including phenoxy) is 2. The highest BCUT2D eigenvalue weighted by molar-refractivity contribution is 7.09. The average Bonchev–Trinajstić information content (AvgIpc) is 2.74. The van der Waals surface area contributed by atoms with E-state index in [4.69, 9.17) is 9.47 Å². The van der Waals surface area contributed by atoms with E-state index in [-0.39, 0.29) is 5.97 Å². The Kier molecular flexibility index (Phi) is 3.58. The number of thiophene rings is 1. The van der Waals surface area contributed by atoms with Gasteiger partial charge in [-0.1, -0.05) is 6.07 Å². The summed E-state index contributed by atoms with van der Waals surface area (Å²) in [6, 6.07) is 4.09. The normalized spacial score (nSPS) is 17.8. The van der Waals surface area contributed by atoms with Crippen LogP contribution in [-0.4, -0.2) is 32.8 Å². The number of rotatable bonds is 5. The van der Waals surface area contributed by atoms with Gasteiger partial charge in [0.05, 0.1) is 20.3 Å². The highest BCUT2D eigenvalue weighted by Crippen LogP contribution is 2.28. The van der Waals surface area contributed by atoms with Crippen LogP contribution in [0.2, 0.25) is 0 Å². The number of hydrogen-bond acceptors (Lipinski definition) is 5. The molecule has 16 heavy (non-hydrogen) atoms. The lowest BCUT2D eigenvalue weighted by Gasteiger charge is -2.38. The van der Waals surface area contributed by atoms with Crippen LogP contribution >= 0.6 is 11.3 Å². The monoisotopic (exact) mass is 241 g/mol. The van der Waals surface area contributed by atoms with Gasteiger partial charge in [-0.25, -0.2) is 0 Å². The maximum atomic E-state index is 11.6. The molecule has 1 aliphatic heterocycles. The van der Waals surface area contributed by atoms with E-state index in [1.54, 1.807) is 11.3 Å². The molecule has 1 aliphatic rings. The minimum atomic E-state index is -0.466. The minimum absolute atomic E-state index is 0.183. The fourth-order valence-electron chi connectivity index (χ4n) is 1.70. The Bertz CT molecular complexity index is 346. The topological polar surface area (TPSA) is 47.6 Å². The molecule has 2 heterocycles. The highest BCUT2D eigenvalue weighted by Gasteiger charge is 2.46. The molecule has 1 fully saturated rings. The third kappa shape index (κ3) is 2.26. The number of nitrogens with one attached hydrogen (secondary N) is 1. The minimum Gasteiger partial charge on any atom is -0.468 e. The molecule has 0 saturated carbocycles. The molecule has 0 unspecified atom stereocenters. The van der Waals surface area contributed by atoms with Gasteiger partial charge in [0.2, 0.25) is 0 Å². The largest absolute Gasteiger partial charge is 0.468 e. The highest BCUT2D eigenvalue weighted by atomic mass is 32.1. The van der Waals surface area contributed by atoms with Crippen LogP contribution in [0.15, 0.2) is 17.5 Å². The predicted octanol–water partition coefficient (Wildman–Crippen LogP) is 1.03. The van der Waals surface area contributed by atoms with Crippen LogP contribution in [0.3, 0.4) is 0 Å². The third-order valence-electron chi connectivity index (χ3n) is 2.72. The Balaban J connectivity index is 1.81. The van der Waals surface area contributed by atoms with Crippen LogP contribution in [-0.2, 0) is 20.8 Å². The molecule has 0 radical (unpaired) electrons. The predicted molar refractivity (Wildman–Crippen MR) is 61.3 cm³/mol. The van der Waals surface area contributed by atoms with Crippen LogP contribution in [0.5, 0.6) is 0 Å². The first-order valence-electron chi connectivity index (χ1n) is 5.16. The Morgan fingerprint density at radius 2 is 2.50 bits per heavy atom. The van der Waals surface area contributed by atoms with E-state index in [1.165, 1.54) is 12.0 Å². The smallest absolute Gasteiger partial charge is 0.317 e. The molecule has 0 aliphatic carbocycles. The molecule has 1 saturated heterocycles. The van der Waals surface area contributed by atoms with Crippen molar-refractivity contribution >= 4 is 17.3 Å². The maximum Gasteiger partial charge on any atom is 0.317 e. The molecule has 1 N–H and O–H groups in total. The summed E-state index contributed by atoms with van der Waals surface area (Å²) in [5, 5.41) is 5.32. The molecule has 0 bridgehead atoms. The van der Waals surface area contributed by atoms with Crippen molar-refractivity contribution in [2.24, 2.45) is 5.41 Å². The number of carbonyl (C=O) groups is 1. The van der Waals surface area contributed by atoms with Crippen molar-refractivity contribution in [1.29, 1.82) is 0 Å². The number of carbonyl (C=O) groups excluding carboxylic acids is 1. The summed E-state index contributed by atoms with van der Waals surface area (Å²) in [7, 11) is 1.42. The number of esters is 1. The van der Waals surface area contributed by atoms with Gasteiger partial charge in [0.25, 0.3) is 0 Å². The number of hydrogen-bond donors (Lipinski definition) is 1. The Labute approximate surface area is 98.6 Å². The van der Waals surface area contributed by atoms with Crippen molar-refractivity contribution in [2.45, 2.75) is 6.54 Å². The van der Waals surface area contributed by atoms with Crippen molar-refractivity contribution in [1.82, 2.24) is 5.32 Å². The van der Waals surface area contributed by atoms with Gasteiger partial charge in [-0.05, 0) is 11.4 Å². The van der Waals surface area contributed by atoms with Gasteiger partial charge in [0.15, 0.2) is 0 Å². The quantitative estimate of drug-likeness (QED) is 0.782. The summed E-state index contributed by atoms with van der Waals surface area (Å²) in [5.74, 6) is -0.183. The van der Waals surface area contributed by atoms with Crippen LogP contribution in [0.4, 0.5) is 0 Å². The first-order valence-corrected chi connectivity index (χ1v) is 6.04. The SMILES string of the molecule is COC(=O)C1(CNCc2cccs2)COC1. The second kappa shape index (κ2) is 4.95. The van der Waals surface area contributed by atoms with Gasteiger partial charge >= 0.3 is 5.97 Å². The summed E-state index contributed by atoms with van der Waals surface area (Å²) in [6.45, 7) is 2.31. The lowest BCUT2D eigenvalue weighted by Crippen LogP contribution is -2.55. The molecule has 0 atom stereocenters. The molecular formula is C11H15NO3S. The second-order valence-corrected chi connectivity index (χ2v) is 4.98. The summed E-state index contributed by atoms with van der Waals surface area (Å²) >= 11 is 1.70. The van der Waals surface area contributed by atoms with Crippen molar-refractivity contribution < 1.29 is 14.3 Å². The van der Waals surface area contributed by atoms with E-state index >= 15 is 0 Å². The molecule has 1 aromatic heterocycles. The zero-order valence-electron chi connectivity index (χ0n) is 9.19. The standard InChI is InChI=1S/C11H15NO3S/c1-14-10(13)11(7-15-8-11)6-12-5-9-3-2-4-16-9/h2-4,12H,5-8H2,1H3. The van der Waals surface area contributed by atoms with E-state index in [0.29, 0.717) is 19.8 Å². The molecule has 0 spiro atoms. The maximum absolute atomic E-state index is 11.6. The van der Waals surface area contributed by atoms with Gasteiger partial charge in [-0.3, -0.25) is 4.79 Å². The zero-order chi connectivity index (χ0) is 11.4. The lowest BCUT2D eigenvalue weighted by atomic mass is 9.86. The Morgan fingerprint density at radius 1 is 1.69 bits per heavy atom. The molecule has 88 valence electrons. The Hall–Kier alpha value is -0.910. The van der Waals surface area contributed by atoms with Crippen LogP contribution < -0.4 is 5.32 Å².